The van der Waals surface area contributed by atoms with Gasteiger partial charge in [-0.25, -0.2) is 0 Å². The van der Waals surface area contributed by atoms with Crippen molar-refractivity contribution < 1.29 is 15.3 Å². The van der Waals surface area contributed by atoms with Crippen molar-refractivity contribution in [3.05, 3.63) is 24.3 Å². The van der Waals surface area contributed by atoms with Crippen LogP contribution in [-0.4, -0.2) is 33.6 Å². The molecule has 2 spiro atoms. The van der Waals surface area contributed by atoms with Crippen molar-refractivity contribution in [1.29, 1.82) is 0 Å². The van der Waals surface area contributed by atoms with E-state index >= 15 is 0 Å². The monoisotopic (exact) mass is 456 g/mol. The fraction of sp³-hybridized carbons (Fsp3) is 0.867. The average molecular weight is 457 g/mol. The molecule has 3 heteroatoms. The van der Waals surface area contributed by atoms with Crippen LogP contribution in [0.1, 0.15) is 92.9 Å². The average Bonchev–Trinajstić information content (AvgIpc) is 3.31. The van der Waals surface area contributed by atoms with Gasteiger partial charge >= 0.3 is 0 Å². The van der Waals surface area contributed by atoms with E-state index in [4.69, 9.17) is 0 Å². The Balaban J connectivity index is 1.45. The summed E-state index contributed by atoms with van der Waals surface area (Å²) in [5.41, 5.74) is 1.91. The fourth-order valence-corrected chi connectivity index (χ4v) is 11.0. The first-order valence-electron chi connectivity index (χ1n) is 13.6. The van der Waals surface area contributed by atoms with Gasteiger partial charge in [-0.2, -0.15) is 0 Å². The SMILES string of the molecule is C=C(C)/C=C/[C@@H](O)[C@@H](C)[C@H]1CC[C@@]2(C)[C@@H]3CC[C@H]4C(C)(C)[C@@H](O)[C@H](O)C[C@@]45C[C@@]35CC[C@]12C. The zero-order valence-corrected chi connectivity index (χ0v) is 21.9. The molecule has 0 amide bonds. The standard InChI is InChI=1S/C30H48O3/c1-18(2)8-9-21(31)19(3)20-12-13-28(7)24-11-10-23-26(4,5)25(33)22(32)16-30(23)17-29(24,30)15-14-27(20,28)6/h8-9,19-25,31-33H,1,10-17H2,2-7H3/b9-8+/t19-,20+,21+,22+,23-,24-,25-,27+,28-,29-,30+/m0/s1. The van der Waals surface area contributed by atoms with Gasteiger partial charge in [-0.15, -0.1) is 0 Å². The molecule has 0 aliphatic heterocycles. The Kier molecular flexibility index (Phi) is 5.25. The van der Waals surface area contributed by atoms with Crippen LogP contribution in [0, 0.1) is 50.7 Å². The summed E-state index contributed by atoms with van der Waals surface area (Å²) in [7, 11) is 0. The Morgan fingerprint density at radius 1 is 0.939 bits per heavy atom. The highest BCUT2D eigenvalue weighted by molar-refractivity contribution is 5.31. The molecule has 0 aromatic rings. The molecule has 5 fully saturated rings. The summed E-state index contributed by atoms with van der Waals surface area (Å²) in [6, 6.07) is 0. The van der Waals surface area contributed by atoms with Gasteiger partial charge in [0.25, 0.3) is 0 Å². The Hall–Kier alpha value is -0.640. The summed E-state index contributed by atoms with van der Waals surface area (Å²) < 4.78 is 0. The maximum atomic E-state index is 11.0. The van der Waals surface area contributed by atoms with E-state index in [-0.39, 0.29) is 22.2 Å². The maximum Gasteiger partial charge on any atom is 0.0852 e. The van der Waals surface area contributed by atoms with Crippen LogP contribution in [0.25, 0.3) is 0 Å². The smallest absolute Gasteiger partial charge is 0.0852 e. The van der Waals surface area contributed by atoms with Crippen LogP contribution in [0.3, 0.4) is 0 Å². The number of aliphatic hydroxyl groups is 3. The third kappa shape index (κ3) is 2.85. The summed E-state index contributed by atoms with van der Waals surface area (Å²) in [5, 5.41) is 32.8. The van der Waals surface area contributed by atoms with Gasteiger partial charge in [0.15, 0.2) is 0 Å². The molecule has 0 saturated heterocycles. The third-order valence-corrected chi connectivity index (χ3v) is 12.9. The van der Waals surface area contributed by atoms with E-state index in [1.165, 1.54) is 44.9 Å². The van der Waals surface area contributed by atoms with E-state index in [1.807, 2.05) is 19.1 Å². The van der Waals surface area contributed by atoms with E-state index in [1.54, 1.807) is 0 Å². The van der Waals surface area contributed by atoms with Crippen LogP contribution in [-0.2, 0) is 0 Å². The number of allylic oxidation sites excluding steroid dienone is 2. The number of hydrogen-bond donors (Lipinski definition) is 3. The summed E-state index contributed by atoms with van der Waals surface area (Å²) in [5.74, 6) is 2.01. The van der Waals surface area contributed by atoms with Gasteiger partial charge in [-0.05, 0) is 109 Å². The molecule has 3 nitrogen and oxygen atoms in total. The number of hydrogen-bond acceptors (Lipinski definition) is 3. The van der Waals surface area contributed by atoms with Crippen molar-refractivity contribution >= 4 is 0 Å². The highest BCUT2D eigenvalue weighted by atomic mass is 16.3. The maximum absolute atomic E-state index is 11.0. The zero-order valence-electron chi connectivity index (χ0n) is 21.9. The van der Waals surface area contributed by atoms with Crippen LogP contribution in [0.15, 0.2) is 24.3 Å². The van der Waals surface area contributed by atoms with Gasteiger partial charge in [0.05, 0.1) is 18.3 Å². The van der Waals surface area contributed by atoms with E-state index in [2.05, 4.69) is 41.2 Å². The lowest BCUT2D eigenvalue weighted by Gasteiger charge is -2.63. The first kappa shape index (κ1) is 24.1. The van der Waals surface area contributed by atoms with E-state index in [0.717, 1.165) is 12.0 Å². The first-order valence-corrected chi connectivity index (χ1v) is 13.6. The number of rotatable bonds is 4. The molecule has 186 valence electrons. The molecule has 5 aliphatic carbocycles. The van der Waals surface area contributed by atoms with Crippen LogP contribution in [0.5, 0.6) is 0 Å². The van der Waals surface area contributed by atoms with E-state index in [9.17, 15) is 15.3 Å². The summed E-state index contributed by atoms with van der Waals surface area (Å²) in [4.78, 5) is 0. The molecule has 33 heavy (non-hydrogen) atoms. The van der Waals surface area contributed by atoms with Crippen LogP contribution in [0.2, 0.25) is 0 Å². The van der Waals surface area contributed by atoms with Crippen LogP contribution in [0.4, 0.5) is 0 Å². The van der Waals surface area contributed by atoms with Gasteiger partial charge in [0, 0.05) is 0 Å². The molecule has 0 heterocycles. The Labute approximate surface area is 201 Å². The Bertz CT molecular complexity index is 861. The van der Waals surface area contributed by atoms with Gasteiger partial charge in [0.1, 0.15) is 0 Å². The fourth-order valence-electron chi connectivity index (χ4n) is 11.0. The second-order valence-electron chi connectivity index (χ2n) is 14.2. The summed E-state index contributed by atoms with van der Waals surface area (Å²) >= 11 is 0. The summed E-state index contributed by atoms with van der Waals surface area (Å²) in [6.07, 6.45) is 11.8. The van der Waals surface area contributed by atoms with E-state index in [0.29, 0.717) is 28.6 Å². The van der Waals surface area contributed by atoms with Gasteiger partial charge < -0.3 is 15.3 Å². The molecule has 0 unspecified atom stereocenters. The Morgan fingerprint density at radius 2 is 1.61 bits per heavy atom. The Morgan fingerprint density at radius 3 is 2.27 bits per heavy atom. The minimum Gasteiger partial charge on any atom is -0.390 e. The van der Waals surface area contributed by atoms with Gasteiger partial charge in [0.2, 0.25) is 0 Å². The van der Waals surface area contributed by atoms with Crippen molar-refractivity contribution in [2.75, 3.05) is 0 Å². The largest absolute Gasteiger partial charge is 0.390 e. The molecule has 11 atom stereocenters. The van der Waals surface area contributed by atoms with Crippen molar-refractivity contribution in [3.63, 3.8) is 0 Å². The second-order valence-corrected chi connectivity index (χ2v) is 14.2. The molecule has 5 rings (SSSR count). The predicted molar refractivity (Wildman–Crippen MR) is 133 cm³/mol. The predicted octanol–water partition coefficient (Wildman–Crippen LogP) is 5.89. The molecular formula is C30H48O3. The first-order chi connectivity index (χ1) is 15.3. The minimum absolute atomic E-state index is 0.208. The zero-order chi connectivity index (χ0) is 24.2. The normalized spacial score (nSPS) is 54.0. The lowest BCUT2D eigenvalue weighted by atomic mass is 9.41. The van der Waals surface area contributed by atoms with Gasteiger partial charge in [-0.1, -0.05) is 58.9 Å². The molecule has 5 saturated carbocycles. The highest BCUT2D eigenvalue weighted by Crippen LogP contribution is 2.89. The summed E-state index contributed by atoms with van der Waals surface area (Å²) in [6.45, 7) is 17.7. The number of aliphatic hydroxyl groups excluding tert-OH is 3. The molecule has 0 bridgehead atoms. The lowest BCUT2D eigenvalue weighted by Crippen LogP contribution is -2.60. The minimum atomic E-state index is -0.600. The molecule has 5 aliphatic rings. The molecule has 0 aromatic carbocycles. The molecule has 0 aromatic heterocycles. The van der Waals surface area contributed by atoms with Crippen molar-refractivity contribution in [3.8, 4) is 0 Å². The lowest BCUT2D eigenvalue weighted by molar-refractivity contribution is -0.191. The van der Waals surface area contributed by atoms with E-state index < -0.39 is 18.3 Å². The molecule has 3 N–H and O–H groups in total. The third-order valence-electron chi connectivity index (χ3n) is 12.9. The van der Waals surface area contributed by atoms with Crippen LogP contribution >= 0.6 is 0 Å². The van der Waals surface area contributed by atoms with Crippen molar-refractivity contribution in [2.24, 2.45) is 50.7 Å². The molecular weight excluding hydrogens is 408 g/mol. The highest BCUT2D eigenvalue weighted by Gasteiger charge is 2.83. The van der Waals surface area contributed by atoms with Gasteiger partial charge in [-0.3, -0.25) is 0 Å². The number of fused-ring (bicyclic) bond motifs is 2. The second kappa shape index (κ2) is 7.20. The van der Waals surface area contributed by atoms with Crippen LogP contribution < -0.4 is 0 Å². The van der Waals surface area contributed by atoms with Crippen molar-refractivity contribution in [2.45, 2.75) is 111 Å². The quantitative estimate of drug-likeness (QED) is 0.463. The molecule has 0 radical (unpaired) electrons. The topological polar surface area (TPSA) is 60.7 Å². The van der Waals surface area contributed by atoms with Crippen molar-refractivity contribution in [1.82, 2.24) is 0 Å².